The fourth-order valence-corrected chi connectivity index (χ4v) is 2.22. The number of benzene rings is 2. The first kappa shape index (κ1) is 13.4. The normalized spacial score (nSPS) is 11.3. The molecule has 1 heterocycles. The van der Waals surface area contributed by atoms with Crippen molar-refractivity contribution >= 4 is 0 Å². The lowest BCUT2D eigenvalue weighted by Crippen LogP contribution is -2.15. The summed E-state index contributed by atoms with van der Waals surface area (Å²) in [7, 11) is 0. The topological polar surface area (TPSA) is 12.9 Å². The van der Waals surface area contributed by atoms with Gasteiger partial charge in [-0.15, -0.1) is 0 Å². The van der Waals surface area contributed by atoms with Crippen LogP contribution in [-0.4, -0.2) is 4.98 Å². The fraction of sp³-hybridized carbons (Fsp3) is 0.0556. The number of rotatable bonds is 3. The van der Waals surface area contributed by atoms with Crippen LogP contribution in [0.5, 0.6) is 0 Å². The SMILES string of the molecule is FC(F)(c1ccccc1)c1cccc(-c2ccccn2)c1. The maximum atomic E-state index is 14.6. The molecule has 0 N–H and O–H groups in total. The summed E-state index contributed by atoms with van der Waals surface area (Å²) < 4.78 is 29.1. The Balaban J connectivity index is 2.04. The van der Waals surface area contributed by atoms with E-state index < -0.39 is 5.92 Å². The average molecular weight is 281 g/mol. The Morgan fingerprint density at radius 3 is 2.14 bits per heavy atom. The largest absolute Gasteiger partial charge is 0.298 e. The van der Waals surface area contributed by atoms with E-state index >= 15 is 0 Å². The van der Waals surface area contributed by atoms with E-state index in [0.717, 1.165) is 0 Å². The molecule has 3 rings (SSSR count). The molecule has 1 nitrogen and oxygen atoms in total. The van der Waals surface area contributed by atoms with Crippen LogP contribution in [0.25, 0.3) is 11.3 Å². The van der Waals surface area contributed by atoms with Gasteiger partial charge in [0.1, 0.15) is 0 Å². The van der Waals surface area contributed by atoms with Gasteiger partial charge in [-0.25, -0.2) is 0 Å². The minimum Gasteiger partial charge on any atom is -0.256 e. The van der Waals surface area contributed by atoms with Crippen LogP contribution in [0.2, 0.25) is 0 Å². The van der Waals surface area contributed by atoms with Crippen LogP contribution in [0, 0.1) is 0 Å². The van der Waals surface area contributed by atoms with Gasteiger partial charge < -0.3 is 0 Å². The molecule has 0 amide bonds. The summed E-state index contributed by atoms with van der Waals surface area (Å²) in [6.07, 6.45) is 1.65. The lowest BCUT2D eigenvalue weighted by Gasteiger charge is -2.18. The third-order valence-corrected chi connectivity index (χ3v) is 3.32. The zero-order valence-electron chi connectivity index (χ0n) is 11.2. The lowest BCUT2D eigenvalue weighted by atomic mass is 9.98. The standard InChI is InChI=1S/C18H13F2N/c19-18(20,15-8-2-1-3-9-15)16-10-6-7-14(13-16)17-11-4-5-12-21-17/h1-13H. The first-order chi connectivity index (χ1) is 10.2. The number of alkyl halides is 2. The van der Waals surface area contributed by atoms with Gasteiger partial charge in [-0.05, 0) is 18.2 Å². The van der Waals surface area contributed by atoms with Crippen molar-refractivity contribution in [2.24, 2.45) is 0 Å². The number of halogens is 2. The molecule has 0 saturated heterocycles. The van der Waals surface area contributed by atoms with Crippen LogP contribution < -0.4 is 0 Å². The molecule has 104 valence electrons. The van der Waals surface area contributed by atoms with Crippen LogP contribution >= 0.6 is 0 Å². The van der Waals surface area contributed by atoms with Crippen molar-refractivity contribution in [2.45, 2.75) is 5.92 Å². The highest BCUT2D eigenvalue weighted by atomic mass is 19.3. The zero-order chi connectivity index (χ0) is 14.7. The number of hydrogen-bond acceptors (Lipinski definition) is 1. The van der Waals surface area contributed by atoms with E-state index in [-0.39, 0.29) is 11.1 Å². The fourth-order valence-electron chi connectivity index (χ4n) is 2.22. The smallest absolute Gasteiger partial charge is 0.256 e. The Hall–Kier alpha value is -2.55. The van der Waals surface area contributed by atoms with Gasteiger partial charge in [0.2, 0.25) is 0 Å². The second kappa shape index (κ2) is 5.44. The van der Waals surface area contributed by atoms with E-state index in [2.05, 4.69) is 4.98 Å². The molecule has 0 atom stereocenters. The second-order valence-corrected chi connectivity index (χ2v) is 4.74. The van der Waals surface area contributed by atoms with Gasteiger partial charge in [-0.2, -0.15) is 8.78 Å². The van der Waals surface area contributed by atoms with Crippen LogP contribution in [0.1, 0.15) is 11.1 Å². The summed E-state index contributed by atoms with van der Waals surface area (Å²) in [6, 6.07) is 19.6. The van der Waals surface area contributed by atoms with Crippen LogP contribution in [0.4, 0.5) is 8.78 Å². The molecule has 0 radical (unpaired) electrons. The minimum atomic E-state index is -3.02. The molecular formula is C18H13F2N. The third-order valence-electron chi connectivity index (χ3n) is 3.32. The summed E-state index contributed by atoms with van der Waals surface area (Å²) in [5, 5.41) is 0. The van der Waals surface area contributed by atoms with E-state index in [9.17, 15) is 8.78 Å². The maximum Gasteiger partial charge on any atom is 0.298 e. The molecule has 1 aromatic heterocycles. The molecule has 0 spiro atoms. The highest BCUT2D eigenvalue weighted by Crippen LogP contribution is 2.36. The van der Waals surface area contributed by atoms with Crippen molar-refractivity contribution in [2.75, 3.05) is 0 Å². The molecule has 21 heavy (non-hydrogen) atoms. The monoisotopic (exact) mass is 281 g/mol. The summed E-state index contributed by atoms with van der Waals surface area (Å²) in [6.45, 7) is 0. The number of hydrogen-bond donors (Lipinski definition) is 0. The summed E-state index contributed by atoms with van der Waals surface area (Å²) >= 11 is 0. The predicted molar refractivity (Wildman–Crippen MR) is 79.1 cm³/mol. The van der Waals surface area contributed by atoms with Crippen molar-refractivity contribution in [3.8, 4) is 11.3 Å². The van der Waals surface area contributed by atoms with Crippen molar-refractivity contribution in [1.29, 1.82) is 0 Å². The van der Waals surface area contributed by atoms with Gasteiger partial charge in [-0.3, -0.25) is 4.98 Å². The molecule has 0 aliphatic rings. The number of nitrogens with zero attached hydrogens (tertiary/aromatic N) is 1. The second-order valence-electron chi connectivity index (χ2n) is 4.74. The first-order valence-corrected chi connectivity index (χ1v) is 6.63. The van der Waals surface area contributed by atoms with Gasteiger partial charge in [0, 0.05) is 22.9 Å². The van der Waals surface area contributed by atoms with E-state index in [0.29, 0.717) is 11.3 Å². The minimum absolute atomic E-state index is 0.0110. The molecule has 0 saturated carbocycles. The molecule has 0 unspecified atom stereocenters. The summed E-state index contributed by atoms with van der Waals surface area (Å²) in [5.74, 6) is -3.02. The molecule has 3 aromatic rings. The summed E-state index contributed by atoms with van der Waals surface area (Å²) in [4.78, 5) is 4.20. The van der Waals surface area contributed by atoms with E-state index in [1.807, 2.05) is 6.07 Å². The quantitative estimate of drug-likeness (QED) is 0.666. The molecule has 0 bridgehead atoms. The lowest BCUT2D eigenvalue weighted by molar-refractivity contribution is 0.0429. The molecule has 0 fully saturated rings. The van der Waals surface area contributed by atoms with Gasteiger partial charge in [0.25, 0.3) is 5.92 Å². The molecule has 0 aliphatic carbocycles. The Labute approximate surface area is 121 Å². The Morgan fingerprint density at radius 1 is 0.714 bits per heavy atom. The van der Waals surface area contributed by atoms with Crippen LogP contribution in [-0.2, 0) is 5.92 Å². The van der Waals surface area contributed by atoms with E-state index in [1.54, 1.807) is 48.7 Å². The highest BCUT2D eigenvalue weighted by Gasteiger charge is 2.33. The van der Waals surface area contributed by atoms with Gasteiger partial charge >= 0.3 is 0 Å². The van der Waals surface area contributed by atoms with Crippen LogP contribution in [0.15, 0.2) is 79.0 Å². The molecule has 2 aromatic carbocycles. The van der Waals surface area contributed by atoms with Gasteiger partial charge in [-0.1, -0.05) is 54.6 Å². The van der Waals surface area contributed by atoms with Crippen molar-refractivity contribution in [3.05, 3.63) is 90.1 Å². The Kier molecular flexibility index (Phi) is 3.48. The Bertz CT molecular complexity index is 724. The van der Waals surface area contributed by atoms with Crippen molar-refractivity contribution in [1.82, 2.24) is 4.98 Å². The molecule has 0 aliphatic heterocycles. The highest BCUT2D eigenvalue weighted by molar-refractivity contribution is 5.60. The van der Waals surface area contributed by atoms with Gasteiger partial charge in [0.15, 0.2) is 0 Å². The number of aromatic nitrogens is 1. The Morgan fingerprint density at radius 2 is 1.43 bits per heavy atom. The third kappa shape index (κ3) is 2.68. The van der Waals surface area contributed by atoms with Crippen molar-refractivity contribution < 1.29 is 8.78 Å². The number of pyridine rings is 1. The zero-order valence-corrected chi connectivity index (χ0v) is 11.2. The summed E-state index contributed by atoms with van der Waals surface area (Å²) in [5.41, 5.74) is 1.33. The van der Waals surface area contributed by atoms with Gasteiger partial charge in [0.05, 0.1) is 5.69 Å². The first-order valence-electron chi connectivity index (χ1n) is 6.63. The van der Waals surface area contributed by atoms with Crippen LogP contribution in [0.3, 0.4) is 0 Å². The molecular weight excluding hydrogens is 268 g/mol. The van der Waals surface area contributed by atoms with Crippen molar-refractivity contribution in [3.63, 3.8) is 0 Å². The van der Waals surface area contributed by atoms with E-state index in [1.165, 1.54) is 24.3 Å². The average Bonchev–Trinajstić information content (AvgIpc) is 2.57. The predicted octanol–water partition coefficient (Wildman–Crippen LogP) is 4.89. The molecule has 3 heteroatoms. The maximum absolute atomic E-state index is 14.6. The van der Waals surface area contributed by atoms with E-state index in [4.69, 9.17) is 0 Å².